The summed E-state index contributed by atoms with van der Waals surface area (Å²) in [6, 6.07) is 13.1. The van der Waals surface area contributed by atoms with Crippen LogP contribution in [0.5, 0.6) is 11.5 Å². The van der Waals surface area contributed by atoms with Crippen LogP contribution in [0.15, 0.2) is 48.8 Å². The van der Waals surface area contributed by atoms with Crippen molar-refractivity contribution in [2.24, 2.45) is 0 Å². The number of aromatic nitrogens is 2. The molecule has 0 saturated carbocycles. The zero-order valence-corrected chi connectivity index (χ0v) is 15.7. The first-order valence-corrected chi connectivity index (χ1v) is 8.84. The molecule has 1 aromatic heterocycles. The summed E-state index contributed by atoms with van der Waals surface area (Å²) in [5.74, 6) is 1.64. The molecule has 2 aromatic carbocycles. The number of benzene rings is 2. The van der Waals surface area contributed by atoms with Crippen molar-refractivity contribution in [3.05, 3.63) is 65.1 Å². The topological polar surface area (TPSA) is 65.4 Å². The van der Waals surface area contributed by atoms with Crippen LogP contribution in [-0.4, -0.2) is 29.7 Å². The van der Waals surface area contributed by atoms with Gasteiger partial charge in [0.1, 0.15) is 12.1 Å². The molecule has 0 fully saturated rings. The molecule has 0 aliphatic carbocycles. The van der Waals surface area contributed by atoms with Crippen LogP contribution in [0, 0.1) is 0 Å². The number of anilines is 1. The maximum Gasteiger partial charge on any atom is 0.226 e. The number of carbonyl (C=O) groups is 1. The van der Waals surface area contributed by atoms with Crippen molar-refractivity contribution in [2.75, 3.05) is 19.5 Å². The summed E-state index contributed by atoms with van der Waals surface area (Å²) in [6.45, 7) is 0. The highest BCUT2D eigenvalue weighted by molar-refractivity contribution is 6.32. The fraction of sp³-hybridized carbons (Fsp3) is 0.200. The number of carbonyl (C=O) groups excluding carboxylic acids is 1. The van der Waals surface area contributed by atoms with E-state index in [2.05, 4.69) is 10.3 Å². The Morgan fingerprint density at radius 1 is 1.15 bits per heavy atom. The zero-order chi connectivity index (χ0) is 19.0. The van der Waals surface area contributed by atoms with Crippen LogP contribution in [0.3, 0.4) is 0 Å². The first-order valence-electron chi connectivity index (χ1n) is 8.46. The first kappa shape index (κ1) is 17.4. The number of methoxy groups -OCH3 is 2. The molecule has 7 heteroatoms. The van der Waals surface area contributed by atoms with Crippen LogP contribution in [0.2, 0.25) is 5.02 Å². The molecule has 27 heavy (non-hydrogen) atoms. The van der Waals surface area contributed by atoms with Gasteiger partial charge in [-0.05, 0) is 29.8 Å². The SMILES string of the molecule is COc1ccc(C2CC(=O)Nc3c2ncn3-c2ccccc2Cl)cc1OC. The molecule has 0 radical (unpaired) electrons. The number of ether oxygens (including phenoxy) is 2. The molecule has 1 amide bonds. The van der Waals surface area contributed by atoms with Crippen molar-refractivity contribution in [3.63, 3.8) is 0 Å². The van der Waals surface area contributed by atoms with E-state index in [9.17, 15) is 4.79 Å². The largest absolute Gasteiger partial charge is 0.493 e. The van der Waals surface area contributed by atoms with Gasteiger partial charge < -0.3 is 14.8 Å². The Kier molecular flexibility index (Phi) is 4.49. The van der Waals surface area contributed by atoms with Crippen LogP contribution in [0.1, 0.15) is 23.6 Å². The Morgan fingerprint density at radius 2 is 1.93 bits per heavy atom. The average Bonchev–Trinajstić information content (AvgIpc) is 3.10. The van der Waals surface area contributed by atoms with Crippen LogP contribution in [0.4, 0.5) is 5.82 Å². The highest BCUT2D eigenvalue weighted by Crippen LogP contribution is 2.40. The molecule has 1 atom stereocenters. The number of amides is 1. The Labute approximate surface area is 161 Å². The summed E-state index contributed by atoms with van der Waals surface area (Å²) in [6.07, 6.45) is 1.99. The number of nitrogens with one attached hydrogen (secondary N) is 1. The maximum absolute atomic E-state index is 12.4. The quantitative estimate of drug-likeness (QED) is 0.739. The molecule has 1 aliphatic rings. The van der Waals surface area contributed by atoms with E-state index in [0.29, 0.717) is 28.8 Å². The van der Waals surface area contributed by atoms with E-state index in [0.717, 1.165) is 16.9 Å². The van der Waals surface area contributed by atoms with Crippen LogP contribution in [-0.2, 0) is 4.79 Å². The minimum atomic E-state index is -0.183. The summed E-state index contributed by atoms with van der Waals surface area (Å²) < 4.78 is 12.5. The van der Waals surface area contributed by atoms with Gasteiger partial charge in [0.05, 0.1) is 30.6 Å². The van der Waals surface area contributed by atoms with E-state index in [1.54, 1.807) is 26.6 Å². The minimum absolute atomic E-state index is 0.0731. The number of nitrogens with zero attached hydrogens (tertiary/aromatic N) is 2. The van der Waals surface area contributed by atoms with E-state index in [1.165, 1.54) is 0 Å². The van der Waals surface area contributed by atoms with Gasteiger partial charge >= 0.3 is 0 Å². The summed E-state index contributed by atoms with van der Waals surface area (Å²) in [7, 11) is 3.18. The number of para-hydroxylation sites is 1. The monoisotopic (exact) mass is 383 g/mol. The van der Waals surface area contributed by atoms with Crippen molar-refractivity contribution in [3.8, 4) is 17.2 Å². The van der Waals surface area contributed by atoms with Gasteiger partial charge in [0.15, 0.2) is 11.5 Å². The minimum Gasteiger partial charge on any atom is -0.493 e. The molecular weight excluding hydrogens is 366 g/mol. The number of fused-ring (bicyclic) bond motifs is 1. The normalized spacial score (nSPS) is 15.8. The lowest BCUT2D eigenvalue weighted by Gasteiger charge is -2.24. The van der Waals surface area contributed by atoms with Gasteiger partial charge in [-0.1, -0.05) is 29.8 Å². The van der Waals surface area contributed by atoms with Crippen molar-refractivity contribution < 1.29 is 14.3 Å². The lowest BCUT2D eigenvalue weighted by atomic mass is 9.89. The Morgan fingerprint density at radius 3 is 2.67 bits per heavy atom. The molecule has 2 heterocycles. The molecule has 1 aliphatic heterocycles. The number of halogens is 1. The molecular formula is C20H18ClN3O3. The van der Waals surface area contributed by atoms with E-state index in [-0.39, 0.29) is 11.8 Å². The number of hydrogen-bond donors (Lipinski definition) is 1. The molecule has 0 saturated heterocycles. The molecule has 0 spiro atoms. The van der Waals surface area contributed by atoms with Crippen molar-refractivity contribution in [2.45, 2.75) is 12.3 Å². The van der Waals surface area contributed by atoms with E-state index in [4.69, 9.17) is 21.1 Å². The Bertz CT molecular complexity index is 1020. The lowest BCUT2D eigenvalue weighted by molar-refractivity contribution is -0.116. The number of hydrogen-bond acceptors (Lipinski definition) is 4. The van der Waals surface area contributed by atoms with Crippen molar-refractivity contribution >= 4 is 23.3 Å². The predicted octanol–water partition coefficient (Wildman–Crippen LogP) is 4.02. The predicted molar refractivity (Wildman–Crippen MR) is 103 cm³/mol. The number of rotatable bonds is 4. The summed E-state index contributed by atoms with van der Waals surface area (Å²) in [5, 5.41) is 3.52. The Hall–Kier alpha value is -2.99. The zero-order valence-electron chi connectivity index (χ0n) is 14.9. The van der Waals surface area contributed by atoms with E-state index in [1.807, 2.05) is 41.0 Å². The highest BCUT2D eigenvalue weighted by Gasteiger charge is 2.31. The van der Waals surface area contributed by atoms with Crippen LogP contribution in [0.25, 0.3) is 5.69 Å². The molecule has 4 rings (SSSR count). The fourth-order valence-corrected chi connectivity index (χ4v) is 3.61. The smallest absolute Gasteiger partial charge is 0.226 e. The van der Waals surface area contributed by atoms with Crippen LogP contribution < -0.4 is 14.8 Å². The molecule has 1 unspecified atom stereocenters. The summed E-state index contributed by atoms with van der Waals surface area (Å²) in [4.78, 5) is 17.0. The van der Waals surface area contributed by atoms with Gasteiger partial charge in [0.25, 0.3) is 0 Å². The van der Waals surface area contributed by atoms with Gasteiger partial charge in [-0.15, -0.1) is 0 Å². The molecule has 6 nitrogen and oxygen atoms in total. The maximum atomic E-state index is 12.4. The van der Waals surface area contributed by atoms with Crippen molar-refractivity contribution in [1.29, 1.82) is 0 Å². The van der Waals surface area contributed by atoms with E-state index >= 15 is 0 Å². The molecule has 1 N–H and O–H groups in total. The Balaban J connectivity index is 1.81. The first-order chi connectivity index (χ1) is 13.1. The lowest BCUT2D eigenvalue weighted by Crippen LogP contribution is -2.25. The summed E-state index contributed by atoms with van der Waals surface area (Å²) in [5.41, 5.74) is 2.50. The van der Waals surface area contributed by atoms with Crippen molar-refractivity contribution in [1.82, 2.24) is 9.55 Å². The summed E-state index contributed by atoms with van der Waals surface area (Å²) >= 11 is 6.33. The van der Waals surface area contributed by atoms with Gasteiger partial charge in [0.2, 0.25) is 5.91 Å². The standard InChI is InChI=1S/C20H18ClN3O3/c1-26-16-8-7-12(9-17(16)27-2)13-10-18(25)23-20-19(13)22-11-24(20)15-6-4-3-5-14(15)21/h3-9,11,13H,10H2,1-2H3,(H,23,25). The van der Waals surface area contributed by atoms with Gasteiger partial charge in [-0.25, -0.2) is 4.98 Å². The second-order valence-electron chi connectivity index (χ2n) is 6.22. The van der Waals surface area contributed by atoms with Gasteiger partial charge in [-0.2, -0.15) is 0 Å². The third kappa shape index (κ3) is 3.02. The second kappa shape index (κ2) is 6.96. The van der Waals surface area contributed by atoms with Gasteiger partial charge in [-0.3, -0.25) is 9.36 Å². The molecule has 3 aromatic rings. The van der Waals surface area contributed by atoms with Gasteiger partial charge in [0, 0.05) is 12.3 Å². The average molecular weight is 384 g/mol. The third-order valence-corrected chi connectivity index (χ3v) is 5.01. The van der Waals surface area contributed by atoms with Crippen LogP contribution >= 0.6 is 11.6 Å². The number of imidazole rings is 1. The second-order valence-corrected chi connectivity index (χ2v) is 6.63. The molecule has 0 bridgehead atoms. The fourth-order valence-electron chi connectivity index (χ4n) is 3.38. The highest BCUT2D eigenvalue weighted by atomic mass is 35.5. The molecule has 138 valence electrons. The third-order valence-electron chi connectivity index (χ3n) is 4.70. The van der Waals surface area contributed by atoms with E-state index < -0.39 is 0 Å².